The lowest BCUT2D eigenvalue weighted by Gasteiger charge is -2.06. The summed E-state index contributed by atoms with van der Waals surface area (Å²) in [6, 6.07) is 7.97. The van der Waals surface area contributed by atoms with E-state index in [4.69, 9.17) is 23.2 Å². The Morgan fingerprint density at radius 3 is 2.56 bits per heavy atom. The van der Waals surface area contributed by atoms with Crippen LogP contribution in [0.2, 0.25) is 10.0 Å². The maximum Gasteiger partial charge on any atom is 0.206 e. The molecule has 27 heavy (non-hydrogen) atoms. The molecule has 1 aromatic heterocycles. The van der Waals surface area contributed by atoms with Crippen LogP contribution in [0.1, 0.15) is 12.5 Å². The second-order valence-electron chi connectivity index (χ2n) is 5.43. The van der Waals surface area contributed by atoms with Gasteiger partial charge in [-0.15, -0.1) is 11.3 Å². The van der Waals surface area contributed by atoms with Gasteiger partial charge in [-0.05, 0) is 31.2 Å². The molecule has 0 aliphatic heterocycles. The number of rotatable bonds is 4. The van der Waals surface area contributed by atoms with Crippen molar-refractivity contribution in [1.29, 1.82) is 0 Å². The second-order valence-corrected chi connectivity index (χ2v) is 7.09. The third kappa shape index (κ3) is 3.95. The third-order valence-electron chi connectivity index (χ3n) is 3.67. The van der Waals surface area contributed by atoms with E-state index in [0.717, 1.165) is 11.3 Å². The largest absolute Gasteiger partial charge is 0.504 e. The highest BCUT2D eigenvalue weighted by Gasteiger charge is 2.12. The highest BCUT2D eigenvalue weighted by atomic mass is 35.5. The van der Waals surface area contributed by atoms with Crippen molar-refractivity contribution in [3.05, 3.63) is 56.1 Å². The van der Waals surface area contributed by atoms with Crippen LogP contribution in [-0.2, 0) is 0 Å². The Morgan fingerprint density at radius 2 is 1.85 bits per heavy atom. The summed E-state index contributed by atoms with van der Waals surface area (Å²) in [7, 11) is 0. The number of aromatic hydroxyl groups is 3. The van der Waals surface area contributed by atoms with Crippen molar-refractivity contribution in [2.75, 3.05) is 6.54 Å². The molecular weight excluding hydrogens is 409 g/mol. The van der Waals surface area contributed by atoms with Crippen molar-refractivity contribution < 1.29 is 15.3 Å². The summed E-state index contributed by atoms with van der Waals surface area (Å²) in [4.78, 5) is 5.07. The van der Waals surface area contributed by atoms with Crippen LogP contribution < -0.4 is 4.80 Å². The minimum absolute atomic E-state index is 0.242. The van der Waals surface area contributed by atoms with Crippen molar-refractivity contribution >= 4 is 40.8 Å². The quantitative estimate of drug-likeness (QED) is 0.427. The van der Waals surface area contributed by atoms with Gasteiger partial charge in [0.15, 0.2) is 11.5 Å². The SMILES string of the molecule is CCN=c1scc(-c2ccc(Cl)c(Cl)c2)n1N=Cc1ccc(O)c(O)c1O. The first-order chi connectivity index (χ1) is 12.9. The molecule has 0 atom stereocenters. The highest BCUT2D eigenvalue weighted by Crippen LogP contribution is 2.36. The summed E-state index contributed by atoms with van der Waals surface area (Å²) >= 11 is 13.5. The van der Waals surface area contributed by atoms with Gasteiger partial charge in [-0.2, -0.15) is 5.10 Å². The fraction of sp³-hybridized carbons (Fsp3) is 0.111. The number of thiazole rings is 1. The Balaban J connectivity index is 2.11. The Labute approximate surface area is 168 Å². The van der Waals surface area contributed by atoms with Gasteiger partial charge in [0.25, 0.3) is 0 Å². The van der Waals surface area contributed by atoms with Crippen molar-refractivity contribution in [3.8, 4) is 28.5 Å². The molecule has 140 valence electrons. The lowest BCUT2D eigenvalue weighted by atomic mass is 10.2. The number of hydrogen-bond acceptors (Lipinski definition) is 6. The van der Waals surface area contributed by atoms with Gasteiger partial charge in [0, 0.05) is 23.1 Å². The molecule has 0 amide bonds. The number of benzene rings is 2. The molecule has 0 spiro atoms. The molecule has 2 aromatic carbocycles. The molecule has 0 bridgehead atoms. The van der Waals surface area contributed by atoms with E-state index in [1.807, 2.05) is 18.4 Å². The van der Waals surface area contributed by atoms with Gasteiger partial charge in [0.05, 0.1) is 22.0 Å². The smallest absolute Gasteiger partial charge is 0.206 e. The number of aromatic nitrogens is 1. The molecule has 0 aliphatic rings. The summed E-state index contributed by atoms with van der Waals surface area (Å²) < 4.78 is 1.61. The maximum atomic E-state index is 9.97. The molecule has 0 saturated heterocycles. The van der Waals surface area contributed by atoms with Crippen LogP contribution in [0.4, 0.5) is 0 Å². The van der Waals surface area contributed by atoms with Crippen LogP contribution in [0.3, 0.4) is 0 Å². The van der Waals surface area contributed by atoms with Crippen molar-refractivity contribution in [2.45, 2.75) is 6.92 Å². The fourth-order valence-corrected chi connectivity index (χ4v) is 3.52. The Bertz CT molecular complexity index is 1090. The molecule has 0 radical (unpaired) electrons. The number of hydrogen-bond donors (Lipinski definition) is 3. The van der Waals surface area contributed by atoms with Gasteiger partial charge >= 0.3 is 0 Å². The van der Waals surface area contributed by atoms with E-state index in [1.54, 1.807) is 16.8 Å². The van der Waals surface area contributed by atoms with Gasteiger partial charge in [-0.1, -0.05) is 29.3 Å². The Morgan fingerprint density at radius 1 is 1.07 bits per heavy atom. The first kappa shape index (κ1) is 19.3. The predicted octanol–water partition coefficient (Wildman–Crippen LogP) is 4.44. The van der Waals surface area contributed by atoms with Crippen molar-refractivity contribution in [2.24, 2.45) is 10.1 Å². The second kappa shape index (κ2) is 8.04. The lowest BCUT2D eigenvalue weighted by molar-refractivity contribution is 0.367. The van der Waals surface area contributed by atoms with Crippen LogP contribution in [0.25, 0.3) is 11.3 Å². The van der Waals surface area contributed by atoms with E-state index in [0.29, 0.717) is 21.4 Å². The van der Waals surface area contributed by atoms with E-state index < -0.39 is 17.2 Å². The van der Waals surface area contributed by atoms with Crippen LogP contribution in [0, 0.1) is 0 Å². The molecule has 0 unspecified atom stereocenters. The molecule has 6 nitrogen and oxygen atoms in total. The van der Waals surface area contributed by atoms with Crippen LogP contribution in [0.5, 0.6) is 17.2 Å². The number of halogens is 2. The maximum absolute atomic E-state index is 9.97. The van der Waals surface area contributed by atoms with E-state index in [2.05, 4.69) is 10.1 Å². The average molecular weight is 424 g/mol. The van der Waals surface area contributed by atoms with E-state index in [1.165, 1.54) is 29.7 Å². The first-order valence-electron chi connectivity index (χ1n) is 7.87. The molecule has 3 N–H and O–H groups in total. The molecule has 9 heteroatoms. The molecule has 3 aromatic rings. The zero-order valence-electron chi connectivity index (χ0n) is 14.1. The Kier molecular flexibility index (Phi) is 5.74. The van der Waals surface area contributed by atoms with Gasteiger partial charge in [-0.3, -0.25) is 4.99 Å². The summed E-state index contributed by atoms with van der Waals surface area (Å²) in [5, 5.41) is 36.2. The third-order valence-corrected chi connectivity index (χ3v) is 5.26. The minimum atomic E-state index is -0.600. The monoisotopic (exact) mass is 423 g/mol. The first-order valence-corrected chi connectivity index (χ1v) is 9.50. The standard InChI is InChI=1S/C18H15Cl2N3O3S/c1-2-21-18-23(22-8-11-4-6-15(24)17(26)16(11)25)14(9-27-18)10-3-5-12(19)13(20)7-10/h3-9,24-26H,2H2,1H3. The molecular formula is C18H15Cl2N3O3S. The van der Waals surface area contributed by atoms with Gasteiger partial charge < -0.3 is 15.3 Å². The fourth-order valence-electron chi connectivity index (χ4n) is 2.32. The molecule has 1 heterocycles. The van der Waals surface area contributed by atoms with Crippen molar-refractivity contribution in [1.82, 2.24) is 4.68 Å². The number of phenols is 3. The molecule has 3 rings (SSSR count). The molecule has 0 fully saturated rings. The van der Waals surface area contributed by atoms with E-state index in [9.17, 15) is 15.3 Å². The summed E-state index contributed by atoms with van der Waals surface area (Å²) in [5.74, 6) is -1.47. The van der Waals surface area contributed by atoms with Gasteiger partial charge in [0.2, 0.25) is 10.6 Å². The Hall–Kier alpha value is -2.48. The topological polar surface area (TPSA) is 90.3 Å². The number of phenolic OH excluding ortho intramolecular Hbond substituents is 3. The van der Waals surface area contributed by atoms with Crippen molar-refractivity contribution in [3.63, 3.8) is 0 Å². The van der Waals surface area contributed by atoms with Gasteiger partial charge in [0.1, 0.15) is 0 Å². The predicted molar refractivity (Wildman–Crippen MR) is 108 cm³/mol. The molecule has 0 aliphatic carbocycles. The average Bonchev–Trinajstić information content (AvgIpc) is 3.04. The summed E-state index contributed by atoms with van der Waals surface area (Å²) in [5.41, 5.74) is 1.78. The zero-order valence-corrected chi connectivity index (χ0v) is 16.4. The zero-order chi connectivity index (χ0) is 19.6. The highest BCUT2D eigenvalue weighted by molar-refractivity contribution is 7.07. The van der Waals surface area contributed by atoms with Crippen LogP contribution >= 0.6 is 34.5 Å². The van der Waals surface area contributed by atoms with E-state index in [-0.39, 0.29) is 5.56 Å². The lowest BCUT2D eigenvalue weighted by Crippen LogP contribution is -2.12. The van der Waals surface area contributed by atoms with Crippen LogP contribution in [0.15, 0.2) is 45.8 Å². The summed E-state index contributed by atoms with van der Waals surface area (Å²) in [6.45, 7) is 2.48. The minimum Gasteiger partial charge on any atom is -0.504 e. The number of nitrogens with zero attached hydrogens (tertiary/aromatic N) is 3. The summed E-state index contributed by atoms with van der Waals surface area (Å²) in [6.07, 6.45) is 1.37. The normalized spacial score (nSPS) is 12.2. The molecule has 0 saturated carbocycles. The van der Waals surface area contributed by atoms with E-state index >= 15 is 0 Å². The van der Waals surface area contributed by atoms with Gasteiger partial charge in [-0.25, -0.2) is 4.68 Å². The van der Waals surface area contributed by atoms with Crippen LogP contribution in [-0.4, -0.2) is 32.8 Å².